The molecule has 0 bridgehead atoms. The van der Waals surface area contributed by atoms with Gasteiger partial charge in [-0.25, -0.2) is 4.79 Å². The monoisotopic (exact) mass is 312 g/mol. The lowest BCUT2D eigenvalue weighted by atomic mass is 10.0. The molecule has 1 aromatic heterocycles. The van der Waals surface area contributed by atoms with Crippen molar-refractivity contribution in [1.82, 2.24) is 10.6 Å². The van der Waals surface area contributed by atoms with Gasteiger partial charge < -0.3 is 15.4 Å². The minimum absolute atomic E-state index is 0.0678. The van der Waals surface area contributed by atoms with Crippen molar-refractivity contribution in [2.75, 3.05) is 13.7 Å². The fraction of sp³-hybridized carbons (Fsp3) is 0.500. The minimum atomic E-state index is -0.671. The standard InChI is InChI=1S/C14H20N2O4S/c1-9(2)12(14(19)20-3)16-11(17)4-6-15-13(18)10-5-7-21-8-10/h5,7-9,12H,4,6H2,1-3H3,(H,15,18)(H,16,17). The van der Waals surface area contributed by atoms with Crippen molar-refractivity contribution >= 4 is 29.1 Å². The Hall–Kier alpha value is -1.89. The SMILES string of the molecule is COC(=O)C(NC(=O)CCNC(=O)c1ccsc1)C(C)C. The maximum absolute atomic E-state index is 11.8. The smallest absolute Gasteiger partial charge is 0.328 e. The van der Waals surface area contributed by atoms with Gasteiger partial charge in [-0.15, -0.1) is 0 Å². The summed E-state index contributed by atoms with van der Waals surface area (Å²) in [6.07, 6.45) is 0.107. The van der Waals surface area contributed by atoms with Gasteiger partial charge in [-0.1, -0.05) is 13.8 Å². The van der Waals surface area contributed by atoms with Crippen molar-refractivity contribution in [1.29, 1.82) is 0 Å². The zero-order chi connectivity index (χ0) is 15.8. The van der Waals surface area contributed by atoms with Gasteiger partial charge in [0.1, 0.15) is 6.04 Å². The van der Waals surface area contributed by atoms with Crippen molar-refractivity contribution in [2.45, 2.75) is 26.3 Å². The average molecular weight is 312 g/mol. The fourth-order valence-corrected chi connectivity index (χ4v) is 2.29. The van der Waals surface area contributed by atoms with Crippen LogP contribution < -0.4 is 10.6 Å². The summed E-state index contributed by atoms with van der Waals surface area (Å²) in [5.41, 5.74) is 0.579. The molecule has 0 fully saturated rings. The molecule has 2 N–H and O–H groups in total. The summed E-state index contributed by atoms with van der Waals surface area (Å²) in [7, 11) is 1.28. The molecule has 7 heteroatoms. The van der Waals surface area contributed by atoms with Crippen LogP contribution in [-0.4, -0.2) is 37.5 Å². The van der Waals surface area contributed by atoms with Gasteiger partial charge in [-0.3, -0.25) is 9.59 Å². The fourth-order valence-electron chi connectivity index (χ4n) is 1.66. The lowest BCUT2D eigenvalue weighted by Crippen LogP contribution is -2.45. The van der Waals surface area contributed by atoms with Gasteiger partial charge >= 0.3 is 5.97 Å². The highest BCUT2D eigenvalue weighted by molar-refractivity contribution is 7.08. The molecule has 1 aromatic rings. The topological polar surface area (TPSA) is 84.5 Å². The van der Waals surface area contributed by atoms with Gasteiger partial charge in [-0.05, 0) is 17.4 Å². The van der Waals surface area contributed by atoms with E-state index in [0.29, 0.717) is 5.56 Å². The second-order valence-corrected chi connectivity index (χ2v) is 5.61. The van der Waals surface area contributed by atoms with Crippen LogP contribution in [0.25, 0.3) is 0 Å². The molecule has 2 amide bonds. The first-order chi connectivity index (χ1) is 9.95. The predicted molar refractivity (Wildman–Crippen MR) is 80.1 cm³/mol. The Labute approximate surface area is 127 Å². The highest BCUT2D eigenvalue weighted by Gasteiger charge is 2.24. The second kappa shape index (κ2) is 8.41. The summed E-state index contributed by atoms with van der Waals surface area (Å²) in [5, 5.41) is 8.81. The van der Waals surface area contributed by atoms with E-state index in [1.807, 2.05) is 19.2 Å². The third-order valence-corrected chi connectivity index (χ3v) is 3.54. The zero-order valence-electron chi connectivity index (χ0n) is 12.3. The third-order valence-electron chi connectivity index (χ3n) is 2.86. The van der Waals surface area contributed by atoms with E-state index in [1.165, 1.54) is 18.4 Å². The van der Waals surface area contributed by atoms with Crippen molar-refractivity contribution < 1.29 is 19.1 Å². The minimum Gasteiger partial charge on any atom is -0.467 e. The first-order valence-electron chi connectivity index (χ1n) is 6.63. The summed E-state index contributed by atoms with van der Waals surface area (Å²) >= 11 is 1.43. The normalized spacial score (nSPS) is 11.8. The van der Waals surface area contributed by atoms with Crippen LogP contribution in [0.1, 0.15) is 30.6 Å². The lowest BCUT2D eigenvalue weighted by molar-refractivity contribution is -0.146. The molecule has 6 nitrogen and oxygen atoms in total. The molecule has 0 radical (unpaired) electrons. The average Bonchev–Trinajstić information content (AvgIpc) is 2.97. The van der Waals surface area contributed by atoms with E-state index >= 15 is 0 Å². The Balaban J connectivity index is 2.36. The van der Waals surface area contributed by atoms with Crippen LogP contribution in [0, 0.1) is 5.92 Å². The Morgan fingerprint density at radius 3 is 2.57 bits per heavy atom. The first-order valence-corrected chi connectivity index (χ1v) is 7.57. The van der Waals surface area contributed by atoms with Gasteiger partial charge in [0.05, 0.1) is 7.11 Å². The molecule has 0 saturated carbocycles. The van der Waals surface area contributed by atoms with E-state index < -0.39 is 12.0 Å². The van der Waals surface area contributed by atoms with Crippen LogP contribution in [0.3, 0.4) is 0 Å². The van der Waals surface area contributed by atoms with Crippen molar-refractivity contribution in [2.24, 2.45) is 5.92 Å². The van der Waals surface area contributed by atoms with Crippen LogP contribution in [-0.2, 0) is 14.3 Å². The Kier molecular flexibility index (Phi) is 6.87. The maximum atomic E-state index is 11.8. The van der Waals surface area contributed by atoms with E-state index in [0.717, 1.165) is 0 Å². The number of carbonyl (C=O) groups excluding carboxylic acids is 3. The number of esters is 1. The highest BCUT2D eigenvalue weighted by Crippen LogP contribution is 2.05. The number of hydrogen-bond acceptors (Lipinski definition) is 5. The van der Waals surface area contributed by atoms with Crippen LogP contribution in [0.4, 0.5) is 0 Å². The summed E-state index contributed by atoms with van der Waals surface area (Å²) in [6.45, 7) is 3.85. The van der Waals surface area contributed by atoms with Gasteiger partial charge in [0.25, 0.3) is 5.91 Å². The molecular weight excluding hydrogens is 292 g/mol. The number of rotatable bonds is 7. The molecule has 0 aliphatic carbocycles. The van der Waals surface area contributed by atoms with E-state index in [-0.39, 0.29) is 30.7 Å². The van der Waals surface area contributed by atoms with Crippen LogP contribution in [0.5, 0.6) is 0 Å². The van der Waals surface area contributed by atoms with Gasteiger partial charge in [0, 0.05) is 23.9 Å². The quantitative estimate of drug-likeness (QED) is 0.741. The number of amides is 2. The molecule has 0 saturated heterocycles. The summed E-state index contributed by atoms with van der Waals surface area (Å²) < 4.78 is 4.64. The first kappa shape index (κ1) is 17.2. The Morgan fingerprint density at radius 2 is 2.05 bits per heavy atom. The van der Waals surface area contributed by atoms with Crippen LogP contribution in [0.2, 0.25) is 0 Å². The van der Waals surface area contributed by atoms with E-state index in [9.17, 15) is 14.4 Å². The van der Waals surface area contributed by atoms with Gasteiger partial charge in [-0.2, -0.15) is 11.3 Å². The summed E-state index contributed by atoms with van der Waals surface area (Å²) in [6, 6.07) is 1.04. The number of thiophene rings is 1. The number of carbonyl (C=O) groups is 3. The highest BCUT2D eigenvalue weighted by atomic mass is 32.1. The van der Waals surface area contributed by atoms with Crippen LogP contribution in [0.15, 0.2) is 16.8 Å². The number of ether oxygens (including phenoxy) is 1. The third kappa shape index (κ3) is 5.55. The molecule has 1 atom stereocenters. The molecule has 116 valence electrons. The second-order valence-electron chi connectivity index (χ2n) is 4.83. The van der Waals surface area contributed by atoms with Crippen molar-refractivity contribution in [3.63, 3.8) is 0 Å². The molecule has 0 spiro atoms. The molecule has 0 aromatic carbocycles. The predicted octanol–water partition coefficient (Wildman–Crippen LogP) is 1.18. The maximum Gasteiger partial charge on any atom is 0.328 e. The lowest BCUT2D eigenvalue weighted by Gasteiger charge is -2.19. The zero-order valence-corrected chi connectivity index (χ0v) is 13.2. The Bertz CT molecular complexity index is 485. The molecule has 1 heterocycles. The molecular formula is C14H20N2O4S. The largest absolute Gasteiger partial charge is 0.467 e. The van der Waals surface area contributed by atoms with E-state index in [4.69, 9.17) is 0 Å². The van der Waals surface area contributed by atoms with E-state index in [2.05, 4.69) is 15.4 Å². The van der Waals surface area contributed by atoms with Crippen molar-refractivity contribution in [3.8, 4) is 0 Å². The van der Waals surface area contributed by atoms with E-state index in [1.54, 1.807) is 11.4 Å². The number of methoxy groups -OCH3 is 1. The molecule has 0 aliphatic rings. The van der Waals surface area contributed by atoms with Crippen molar-refractivity contribution in [3.05, 3.63) is 22.4 Å². The number of hydrogen-bond donors (Lipinski definition) is 2. The summed E-state index contributed by atoms with van der Waals surface area (Å²) in [5.74, 6) is -1.05. The molecule has 1 rings (SSSR count). The van der Waals surface area contributed by atoms with Crippen LogP contribution >= 0.6 is 11.3 Å². The summed E-state index contributed by atoms with van der Waals surface area (Å²) in [4.78, 5) is 35.0. The van der Waals surface area contributed by atoms with Gasteiger partial charge in [0.2, 0.25) is 5.91 Å². The van der Waals surface area contributed by atoms with Gasteiger partial charge in [0.15, 0.2) is 0 Å². The molecule has 0 aliphatic heterocycles. The molecule has 1 unspecified atom stereocenters. The number of nitrogens with one attached hydrogen (secondary N) is 2. The molecule has 21 heavy (non-hydrogen) atoms. The Morgan fingerprint density at radius 1 is 1.33 bits per heavy atom.